The van der Waals surface area contributed by atoms with E-state index in [1.165, 1.54) is 0 Å². The molecule has 1 aliphatic rings. The lowest BCUT2D eigenvalue weighted by molar-refractivity contribution is -0.148. The summed E-state index contributed by atoms with van der Waals surface area (Å²) >= 11 is 0. The highest BCUT2D eigenvalue weighted by molar-refractivity contribution is 5.91. The maximum absolute atomic E-state index is 12.7. The molecule has 16 heavy (non-hydrogen) atoms. The van der Waals surface area contributed by atoms with Crippen LogP contribution in [0.3, 0.4) is 0 Å². The van der Waals surface area contributed by atoms with Crippen molar-refractivity contribution in [3.63, 3.8) is 0 Å². The van der Waals surface area contributed by atoms with Gasteiger partial charge < -0.3 is 10.5 Å². The number of carbonyl (C=O) groups excluding carboxylic acids is 1. The van der Waals surface area contributed by atoms with Gasteiger partial charge in [0.1, 0.15) is 5.57 Å². The first-order valence-corrected chi connectivity index (χ1v) is 4.91. The molecule has 6 heteroatoms. The van der Waals surface area contributed by atoms with E-state index in [0.29, 0.717) is 6.42 Å². The summed E-state index contributed by atoms with van der Waals surface area (Å²) in [4.78, 5) is 11.1. The predicted molar refractivity (Wildman–Crippen MR) is 51.5 cm³/mol. The Labute approximate surface area is 91.4 Å². The smallest absolute Gasteiger partial charge is 0.423 e. The number of hydrogen-bond acceptors (Lipinski definition) is 3. The van der Waals surface area contributed by atoms with Crippen LogP contribution < -0.4 is 5.73 Å². The molecule has 0 saturated heterocycles. The molecule has 3 nitrogen and oxygen atoms in total. The zero-order valence-corrected chi connectivity index (χ0v) is 9.10. The van der Waals surface area contributed by atoms with Crippen molar-refractivity contribution in [2.24, 2.45) is 11.7 Å². The SMILES string of the molecule is COC(=O)/C(=C1/C[C@H](C)C[C@@H]1N)C(F)(F)F. The summed E-state index contributed by atoms with van der Waals surface area (Å²) in [6.07, 6.45) is -4.04. The molecule has 0 heterocycles. The van der Waals surface area contributed by atoms with E-state index < -0.39 is 23.8 Å². The van der Waals surface area contributed by atoms with E-state index >= 15 is 0 Å². The third kappa shape index (κ3) is 2.55. The second kappa shape index (κ2) is 4.45. The largest absolute Gasteiger partial charge is 0.465 e. The van der Waals surface area contributed by atoms with Gasteiger partial charge in [-0.2, -0.15) is 13.2 Å². The maximum Gasteiger partial charge on any atom is 0.423 e. The number of nitrogens with two attached hydrogens (primary N) is 1. The van der Waals surface area contributed by atoms with Crippen molar-refractivity contribution < 1.29 is 22.7 Å². The zero-order chi connectivity index (χ0) is 12.5. The summed E-state index contributed by atoms with van der Waals surface area (Å²) in [6.45, 7) is 1.80. The number of esters is 1. The van der Waals surface area contributed by atoms with Gasteiger partial charge >= 0.3 is 12.1 Å². The summed E-state index contributed by atoms with van der Waals surface area (Å²) in [6, 6.07) is -0.703. The predicted octanol–water partition coefficient (Wildman–Crippen LogP) is 1.78. The average molecular weight is 237 g/mol. The fraction of sp³-hybridized carbons (Fsp3) is 0.700. The van der Waals surface area contributed by atoms with Crippen LogP contribution in [0.25, 0.3) is 0 Å². The molecule has 0 aliphatic heterocycles. The van der Waals surface area contributed by atoms with Gasteiger partial charge in [0.15, 0.2) is 0 Å². The van der Waals surface area contributed by atoms with Gasteiger partial charge in [-0.25, -0.2) is 4.79 Å². The number of hydrogen-bond donors (Lipinski definition) is 1. The Hall–Kier alpha value is -1.04. The van der Waals surface area contributed by atoms with Crippen molar-refractivity contribution in [2.75, 3.05) is 7.11 Å². The lowest BCUT2D eigenvalue weighted by Crippen LogP contribution is -2.28. The first-order chi connectivity index (χ1) is 7.27. The number of halogens is 3. The van der Waals surface area contributed by atoms with Crippen LogP contribution in [0.1, 0.15) is 19.8 Å². The average Bonchev–Trinajstić information content (AvgIpc) is 2.43. The Kier molecular flexibility index (Phi) is 3.62. The third-order valence-electron chi connectivity index (χ3n) is 2.67. The number of rotatable bonds is 1. The quantitative estimate of drug-likeness (QED) is 0.558. The van der Waals surface area contributed by atoms with E-state index in [0.717, 1.165) is 7.11 Å². The van der Waals surface area contributed by atoms with Crippen LogP contribution in [0.5, 0.6) is 0 Å². The van der Waals surface area contributed by atoms with Crippen LogP contribution in [-0.2, 0) is 9.53 Å². The topological polar surface area (TPSA) is 52.3 Å². The van der Waals surface area contributed by atoms with Crippen molar-refractivity contribution in [3.05, 3.63) is 11.1 Å². The molecule has 0 bridgehead atoms. The van der Waals surface area contributed by atoms with Crippen LogP contribution in [0.15, 0.2) is 11.1 Å². The Morgan fingerprint density at radius 2 is 2.06 bits per heavy atom. The minimum Gasteiger partial charge on any atom is -0.465 e. The summed E-state index contributed by atoms with van der Waals surface area (Å²) in [7, 11) is 0.929. The van der Waals surface area contributed by atoms with Gasteiger partial charge in [0.2, 0.25) is 0 Å². The summed E-state index contributed by atoms with van der Waals surface area (Å²) in [5.74, 6) is -1.29. The van der Waals surface area contributed by atoms with Crippen molar-refractivity contribution >= 4 is 5.97 Å². The molecule has 0 amide bonds. The van der Waals surface area contributed by atoms with Crippen LogP contribution in [0, 0.1) is 5.92 Å². The fourth-order valence-corrected chi connectivity index (χ4v) is 2.00. The third-order valence-corrected chi connectivity index (χ3v) is 2.67. The molecule has 0 aromatic carbocycles. The van der Waals surface area contributed by atoms with Gasteiger partial charge in [-0.15, -0.1) is 0 Å². The van der Waals surface area contributed by atoms with E-state index in [4.69, 9.17) is 5.73 Å². The van der Waals surface area contributed by atoms with E-state index in [1.54, 1.807) is 6.92 Å². The number of carbonyl (C=O) groups is 1. The van der Waals surface area contributed by atoms with Crippen molar-refractivity contribution in [2.45, 2.75) is 32.0 Å². The molecule has 0 aromatic rings. The van der Waals surface area contributed by atoms with Gasteiger partial charge in [-0.05, 0) is 24.3 Å². The molecule has 1 saturated carbocycles. The van der Waals surface area contributed by atoms with E-state index in [9.17, 15) is 18.0 Å². The minimum atomic E-state index is -4.70. The van der Waals surface area contributed by atoms with E-state index in [2.05, 4.69) is 4.74 Å². The van der Waals surface area contributed by atoms with E-state index in [1.807, 2.05) is 0 Å². The Bertz CT molecular complexity index is 323. The van der Waals surface area contributed by atoms with Gasteiger partial charge in [0, 0.05) is 6.04 Å². The van der Waals surface area contributed by atoms with E-state index in [-0.39, 0.29) is 17.9 Å². The molecule has 0 spiro atoms. The van der Waals surface area contributed by atoms with Crippen molar-refractivity contribution in [3.8, 4) is 0 Å². The van der Waals surface area contributed by atoms with Gasteiger partial charge in [0.25, 0.3) is 0 Å². The van der Waals surface area contributed by atoms with Crippen LogP contribution >= 0.6 is 0 Å². The summed E-state index contributed by atoms with van der Waals surface area (Å²) in [5.41, 5.74) is 4.33. The molecule has 0 radical (unpaired) electrons. The fourth-order valence-electron chi connectivity index (χ4n) is 2.00. The number of ether oxygens (including phenoxy) is 1. The van der Waals surface area contributed by atoms with Crippen LogP contribution in [0.4, 0.5) is 13.2 Å². The zero-order valence-electron chi connectivity index (χ0n) is 9.10. The summed E-state index contributed by atoms with van der Waals surface area (Å²) < 4.78 is 42.2. The summed E-state index contributed by atoms with van der Waals surface area (Å²) in [5, 5.41) is 0. The second-order valence-corrected chi connectivity index (χ2v) is 4.04. The van der Waals surface area contributed by atoms with Gasteiger partial charge in [0.05, 0.1) is 7.11 Å². The van der Waals surface area contributed by atoms with Crippen molar-refractivity contribution in [1.29, 1.82) is 0 Å². The molecule has 1 aliphatic carbocycles. The van der Waals surface area contributed by atoms with Gasteiger partial charge in [-0.3, -0.25) is 0 Å². The lowest BCUT2D eigenvalue weighted by atomic mass is 10.0. The second-order valence-electron chi connectivity index (χ2n) is 4.04. The first kappa shape index (κ1) is 13.0. The minimum absolute atomic E-state index is 0.0353. The van der Waals surface area contributed by atoms with Crippen LogP contribution in [-0.4, -0.2) is 25.3 Å². The van der Waals surface area contributed by atoms with Gasteiger partial charge in [-0.1, -0.05) is 6.92 Å². The number of methoxy groups -OCH3 is 1. The number of alkyl halides is 3. The molecular formula is C10H14F3NO2. The standard InChI is InChI=1S/C10H14F3NO2/c1-5-3-6(7(14)4-5)8(9(15)16-2)10(11,12)13/h5,7H,3-4,14H2,1-2H3/b8-6+/t5-,7-/m0/s1. The maximum atomic E-state index is 12.7. The Morgan fingerprint density at radius 3 is 2.38 bits per heavy atom. The monoisotopic (exact) mass is 237 g/mol. The highest BCUT2D eigenvalue weighted by Crippen LogP contribution is 2.38. The van der Waals surface area contributed by atoms with Crippen LogP contribution in [0.2, 0.25) is 0 Å². The highest BCUT2D eigenvalue weighted by atomic mass is 19.4. The highest BCUT2D eigenvalue weighted by Gasteiger charge is 2.44. The normalized spacial score (nSPS) is 29.1. The molecule has 1 fully saturated rings. The molecule has 1 rings (SSSR count). The first-order valence-electron chi connectivity index (χ1n) is 4.91. The molecule has 2 N–H and O–H groups in total. The molecule has 2 atom stereocenters. The molecule has 92 valence electrons. The Balaban J connectivity index is 3.19. The lowest BCUT2D eigenvalue weighted by Gasteiger charge is -2.15. The Morgan fingerprint density at radius 1 is 1.50 bits per heavy atom. The van der Waals surface area contributed by atoms with Crippen molar-refractivity contribution in [1.82, 2.24) is 0 Å². The molecule has 0 aromatic heterocycles. The molecule has 0 unspecified atom stereocenters. The molecular weight excluding hydrogens is 223 g/mol.